The lowest BCUT2D eigenvalue weighted by atomic mass is 10.1. The first-order valence-electron chi connectivity index (χ1n) is 9.55. The zero-order valence-corrected chi connectivity index (χ0v) is 17.4. The minimum Gasteiger partial charge on any atom is -0.443 e. The quantitative estimate of drug-likeness (QED) is 0.546. The molecule has 0 atom stereocenters. The van der Waals surface area contributed by atoms with Crippen LogP contribution >= 0.6 is 0 Å². The number of benzene rings is 2. The highest BCUT2D eigenvalue weighted by Gasteiger charge is 2.29. The number of hydrogen-bond donors (Lipinski definition) is 0. The normalized spacial score (nSPS) is 11.2. The van der Waals surface area contributed by atoms with Gasteiger partial charge in [0, 0.05) is 6.20 Å². The number of ketones is 1. The standard InChI is InChI=1S/C23H24FN3O3/c1-16(28)20-15-27(19-8-6-5-7-9-19)25-21(20)26(22(29)30-23(2,3)4)14-17-10-12-18(24)13-11-17/h5-13,15H,14H2,1-4H3. The van der Waals surface area contributed by atoms with Crippen LogP contribution in [0.2, 0.25) is 0 Å². The summed E-state index contributed by atoms with van der Waals surface area (Å²) in [4.78, 5) is 26.7. The van der Waals surface area contributed by atoms with E-state index in [2.05, 4.69) is 5.10 Å². The predicted molar refractivity (Wildman–Crippen MR) is 112 cm³/mol. The predicted octanol–water partition coefficient (Wildman–Crippen LogP) is 5.16. The van der Waals surface area contributed by atoms with Crippen LogP contribution < -0.4 is 4.90 Å². The van der Waals surface area contributed by atoms with Gasteiger partial charge in [-0.25, -0.2) is 13.9 Å². The number of para-hydroxylation sites is 1. The molecule has 0 N–H and O–H groups in total. The van der Waals surface area contributed by atoms with E-state index in [0.29, 0.717) is 5.56 Å². The second kappa shape index (κ2) is 8.49. The maximum atomic E-state index is 13.3. The number of halogens is 1. The lowest BCUT2D eigenvalue weighted by Gasteiger charge is -2.26. The van der Waals surface area contributed by atoms with Gasteiger partial charge >= 0.3 is 6.09 Å². The molecule has 0 spiro atoms. The number of aromatic nitrogens is 2. The van der Waals surface area contributed by atoms with Crippen LogP contribution in [0.4, 0.5) is 15.0 Å². The summed E-state index contributed by atoms with van der Waals surface area (Å²) in [5, 5.41) is 4.51. The van der Waals surface area contributed by atoms with Crippen LogP contribution in [0.1, 0.15) is 43.6 Å². The van der Waals surface area contributed by atoms with Gasteiger partial charge in [-0.2, -0.15) is 0 Å². The Morgan fingerprint density at radius 1 is 1.07 bits per heavy atom. The van der Waals surface area contributed by atoms with E-state index in [1.165, 1.54) is 24.0 Å². The lowest BCUT2D eigenvalue weighted by molar-refractivity contribution is 0.0576. The average molecular weight is 409 g/mol. The molecule has 0 aliphatic rings. The molecule has 3 aromatic rings. The molecule has 0 aliphatic carbocycles. The molecule has 0 saturated carbocycles. The molecular formula is C23H24FN3O3. The van der Waals surface area contributed by atoms with Gasteiger partial charge in [-0.15, -0.1) is 5.10 Å². The number of anilines is 1. The Morgan fingerprint density at radius 3 is 2.27 bits per heavy atom. The Morgan fingerprint density at radius 2 is 1.70 bits per heavy atom. The number of hydrogen-bond acceptors (Lipinski definition) is 4. The van der Waals surface area contributed by atoms with Crippen molar-refractivity contribution in [2.75, 3.05) is 4.90 Å². The zero-order valence-electron chi connectivity index (χ0n) is 17.4. The Hall–Kier alpha value is -3.48. The second-order valence-electron chi connectivity index (χ2n) is 7.90. The number of amides is 1. The van der Waals surface area contributed by atoms with E-state index in [9.17, 15) is 14.0 Å². The van der Waals surface area contributed by atoms with Crippen molar-refractivity contribution >= 4 is 17.7 Å². The number of Topliss-reactive ketones (excluding diaryl/α,β-unsaturated/α-hetero) is 1. The molecule has 0 aliphatic heterocycles. The SMILES string of the molecule is CC(=O)c1cn(-c2ccccc2)nc1N(Cc1ccc(F)cc1)C(=O)OC(C)(C)C. The highest BCUT2D eigenvalue weighted by Crippen LogP contribution is 2.25. The molecule has 0 saturated heterocycles. The summed E-state index contributed by atoms with van der Waals surface area (Å²) in [6, 6.07) is 15.1. The van der Waals surface area contributed by atoms with Gasteiger partial charge in [0.05, 0.1) is 17.8 Å². The maximum Gasteiger partial charge on any atom is 0.416 e. The third-order valence-electron chi connectivity index (χ3n) is 4.22. The van der Waals surface area contributed by atoms with E-state index in [-0.39, 0.29) is 29.5 Å². The average Bonchev–Trinajstić information content (AvgIpc) is 3.12. The number of carbonyl (C=O) groups excluding carboxylic acids is 2. The van der Waals surface area contributed by atoms with E-state index in [4.69, 9.17) is 4.74 Å². The highest BCUT2D eigenvalue weighted by atomic mass is 19.1. The van der Waals surface area contributed by atoms with Gasteiger partial charge in [0.25, 0.3) is 0 Å². The fraction of sp³-hybridized carbons (Fsp3) is 0.261. The fourth-order valence-electron chi connectivity index (χ4n) is 2.84. The topological polar surface area (TPSA) is 64.4 Å². The Labute approximate surface area is 174 Å². The van der Waals surface area contributed by atoms with Crippen LogP contribution in [0, 0.1) is 5.82 Å². The third kappa shape index (κ3) is 5.11. The van der Waals surface area contributed by atoms with Gasteiger partial charge in [0.15, 0.2) is 11.6 Å². The maximum absolute atomic E-state index is 13.3. The summed E-state index contributed by atoms with van der Waals surface area (Å²) in [6.45, 7) is 6.77. The Balaban J connectivity index is 2.07. The van der Waals surface area contributed by atoms with Crippen molar-refractivity contribution in [1.29, 1.82) is 0 Å². The van der Waals surface area contributed by atoms with Crippen molar-refractivity contribution < 1.29 is 18.7 Å². The first-order chi connectivity index (χ1) is 14.1. The first kappa shape index (κ1) is 21.2. The summed E-state index contributed by atoms with van der Waals surface area (Å²) in [5.74, 6) is -0.426. The van der Waals surface area contributed by atoms with Crippen LogP contribution in [0.3, 0.4) is 0 Å². The van der Waals surface area contributed by atoms with Crippen molar-refractivity contribution in [2.24, 2.45) is 0 Å². The Kier molecular flexibility index (Phi) is 6.01. The van der Waals surface area contributed by atoms with Gasteiger partial charge in [0.1, 0.15) is 11.4 Å². The van der Waals surface area contributed by atoms with Crippen LogP contribution in [0.5, 0.6) is 0 Å². The second-order valence-corrected chi connectivity index (χ2v) is 7.90. The van der Waals surface area contributed by atoms with Crippen LogP contribution in [-0.4, -0.2) is 27.3 Å². The van der Waals surface area contributed by atoms with Crippen molar-refractivity contribution in [1.82, 2.24) is 9.78 Å². The van der Waals surface area contributed by atoms with Crippen molar-refractivity contribution in [3.05, 3.63) is 77.7 Å². The number of nitrogens with zero attached hydrogens (tertiary/aromatic N) is 3. The van der Waals surface area contributed by atoms with E-state index in [1.54, 1.807) is 43.8 Å². The molecule has 6 nitrogen and oxygen atoms in total. The summed E-state index contributed by atoms with van der Waals surface area (Å²) >= 11 is 0. The van der Waals surface area contributed by atoms with E-state index in [0.717, 1.165) is 5.69 Å². The molecule has 2 aromatic carbocycles. The van der Waals surface area contributed by atoms with Crippen LogP contribution in [0.25, 0.3) is 5.69 Å². The fourth-order valence-corrected chi connectivity index (χ4v) is 2.84. The van der Waals surface area contributed by atoms with Crippen molar-refractivity contribution in [2.45, 2.75) is 39.8 Å². The molecule has 1 heterocycles. The molecule has 7 heteroatoms. The molecular weight excluding hydrogens is 385 g/mol. The molecule has 30 heavy (non-hydrogen) atoms. The number of carbonyl (C=O) groups is 2. The largest absolute Gasteiger partial charge is 0.443 e. The molecule has 1 aromatic heterocycles. The molecule has 0 bridgehead atoms. The van der Waals surface area contributed by atoms with Gasteiger partial charge in [-0.3, -0.25) is 9.69 Å². The van der Waals surface area contributed by atoms with Gasteiger partial charge in [0.2, 0.25) is 0 Å². The van der Waals surface area contributed by atoms with Gasteiger partial charge in [-0.05, 0) is 57.5 Å². The van der Waals surface area contributed by atoms with E-state index in [1.807, 2.05) is 30.3 Å². The van der Waals surface area contributed by atoms with Crippen LogP contribution in [0.15, 0.2) is 60.8 Å². The smallest absolute Gasteiger partial charge is 0.416 e. The minimum absolute atomic E-state index is 0.0707. The summed E-state index contributed by atoms with van der Waals surface area (Å²) in [6.07, 6.45) is 0.947. The zero-order chi connectivity index (χ0) is 21.9. The molecule has 1 amide bonds. The summed E-state index contributed by atoms with van der Waals surface area (Å²) in [7, 11) is 0. The van der Waals surface area contributed by atoms with E-state index < -0.39 is 11.7 Å². The highest BCUT2D eigenvalue weighted by molar-refractivity contribution is 6.02. The lowest BCUT2D eigenvalue weighted by Crippen LogP contribution is -2.37. The molecule has 0 radical (unpaired) electrons. The van der Waals surface area contributed by atoms with Gasteiger partial charge < -0.3 is 4.74 Å². The van der Waals surface area contributed by atoms with E-state index >= 15 is 0 Å². The monoisotopic (exact) mass is 409 g/mol. The Bertz CT molecular complexity index is 1040. The summed E-state index contributed by atoms with van der Waals surface area (Å²) < 4.78 is 20.4. The molecule has 156 valence electrons. The summed E-state index contributed by atoms with van der Waals surface area (Å²) in [5.41, 5.74) is 0.964. The third-order valence-corrected chi connectivity index (χ3v) is 4.22. The molecule has 0 fully saturated rings. The van der Waals surface area contributed by atoms with Gasteiger partial charge in [-0.1, -0.05) is 30.3 Å². The first-order valence-corrected chi connectivity index (χ1v) is 9.55. The van der Waals surface area contributed by atoms with Crippen LogP contribution in [-0.2, 0) is 11.3 Å². The van der Waals surface area contributed by atoms with Crippen molar-refractivity contribution in [3.8, 4) is 5.69 Å². The molecule has 3 rings (SSSR count). The van der Waals surface area contributed by atoms with Crippen molar-refractivity contribution in [3.63, 3.8) is 0 Å². The number of ether oxygens (including phenoxy) is 1. The number of rotatable bonds is 5. The minimum atomic E-state index is -0.740. The molecule has 0 unspecified atom stereocenters.